The van der Waals surface area contributed by atoms with Crippen molar-refractivity contribution in [2.24, 2.45) is 0 Å². The normalized spacial score (nSPS) is 10.9. The lowest BCUT2D eigenvalue weighted by Crippen LogP contribution is -1.89. The van der Waals surface area contributed by atoms with Gasteiger partial charge in [-0.2, -0.15) is 0 Å². The van der Waals surface area contributed by atoms with Crippen molar-refractivity contribution in [2.45, 2.75) is 20.3 Å². The average molecular weight is 234 g/mol. The van der Waals surface area contributed by atoms with E-state index in [0.717, 1.165) is 28.7 Å². The van der Waals surface area contributed by atoms with Crippen LogP contribution in [0, 0.1) is 19.3 Å². The van der Waals surface area contributed by atoms with Gasteiger partial charge in [-0.3, -0.25) is 0 Å². The maximum absolute atomic E-state index is 5.50. The number of H-pyrrole nitrogens is 1. The van der Waals surface area contributed by atoms with E-state index >= 15 is 0 Å². The predicted molar refractivity (Wildman–Crippen MR) is 75.6 cm³/mol. The van der Waals surface area contributed by atoms with Crippen LogP contribution in [0.3, 0.4) is 0 Å². The second-order valence-electron chi connectivity index (χ2n) is 4.48. The molecule has 0 spiro atoms. The molecule has 0 aliphatic rings. The molecule has 0 unspecified atom stereocenters. The molecule has 3 rings (SSSR count). The number of pyridine rings is 1. The number of fused-ring (bicyclic) bond motifs is 3. The summed E-state index contributed by atoms with van der Waals surface area (Å²) in [5, 5.41) is 2.50. The number of nitrogens with one attached hydrogen (secondary N) is 1. The zero-order valence-electron chi connectivity index (χ0n) is 10.5. The first-order valence-corrected chi connectivity index (χ1v) is 6.11. The molecule has 0 aliphatic heterocycles. The fourth-order valence-corrected chi connectivity index (χ4v) is 2.61. The highest BCUT2D eigenvalue weighted by atomic mass is 14.8. The van der Waals surface area contributed by atoms with Crippen LogP contribution in [0.5, 0.6) is 0 Å². The third-order valence-electron chi connectivity index (χ3n) is 3.51. The van der Waals surface area contributed by atoms with Gasteiger partial charge in [0, 0.05) is 16.3 Å². The molecule has 3 aromatic rings. The lowest BCUT2D eigenvalue weighted by atomic mass is 10.0. The summed E-state index contributed by atoms with van der Waals surface area (Å²) >= 11 is 0. The van der Waals surface area contributed by atoms with E-state index in [0.29, 0.717) is 0 Å². The molecule has 0 aliphatic carbocycles. The van der Waals surface area contributed by atoms with Crippen LogP contribution in [0.2, 0.25) is 0 Å². The van der Waals surface area contributed by atoms with Gasteiger partial charge < -0.3 is 4.98 Å². The van der Waals surface area contributed by atoms with Crippen molar-refractivity contribution in [1.29, 1.82) is 0 Å². The van der Waals surface area contributed by atoms with Gasteiger partial charge in [0.05, 0.1) is 11.7 Å². The topological polar surface area (TPSA) is 28.7 Å². The number of hydrogen-bond donors (Lipinski definition) is 1. The van der Waals surface area contributed by atoms with Crippen LogP contribution in [0.1, 0.15) is 23.7 Å². The molecule has 0 fully saturated rings. The number of aromatic nitrogens is 2. The Morgan fingerprint density at radius 1 is 1.28 bits per heavy atom. The first kappa shape index (κ1) is 10.9. The molecule has 0 atom stereocenters. The van der Waals surface area contributed by atoms with E-state index in [1.807, 2.05) is 13.1 Å². The molecule has 2 nitrogen and oxygen atoms in total. The highest BCUT2D eigenvalue weighted by Crippen LogP contribution is 2.31. The largest absolute Gasteiger partial charge is 0.353 e. The summed E-state index contributed by atoms with van der Waals surface area (Å²) in [6, 6.07) is 6.36. The van der Waals surface area contributed by atoms with Gasteiger partial charge in [0.15, 0.2) is 0 Å². The van der Waals surface area contributed by atoms with E-state index in [9.17, 15) is 0 Å². The Balaban J connectivity index is 2.58. The summed E-state index contributed by atoms with van der Waals surface area (Å²) in [5.41, 5.74) is 5.37. The SMILES string of the molecule is C#Cc1ncc2[nH]c3cccc(CC)c3c2c1C. The molecule has 0 bridgehead atoms. The molecule has 0 radical (unpaired) electrons. The quantitative estimate of drug-likeness (QED) is 0.641. The highest BCUT2D eigenvalue weighted by molar-refractivity contribution is 6.10. The summed E-state index contributed by atoms with van der Waals surface area (Å²) in [6.45, 7) is 4.22. The Bertz CT molecular complexity index is 788. The van der Waals surface area contributed by atoms with Gasteiger partial charge >= 0.3 is 0 Å². The minimum absolute atomic E-state index is 0.731. The Hall–Kier alpha value is -2.27. The van der Waals surface area contributed by atoms with E-state index in [1.165, 1.54) is 16.3 Å². The summed E-state index contributed by atoms with van der Waals surface area (Å²) in [5.74, 6) is 2.65. The lowest BCUT2D eigenvalue weighted by Gasteiger charge is -2.03. The van der Waals surface area contributed by atoms with Crippen LogP contribution in [-0.2, 0) is 6.42 Å². The fraction of sp³-hybridized carbons (Fsp3) is 0.188. The zero-order valence-corrected chi connectivity index (χ0v) is 10.5. The molecule has 0 amide bonds. The molecule has 1 aromatic carbocycles. The molecule has 0 saturated heterocycles. The first-order valence-electron chi connectivity index (χ1n) is 6.11. The predicted octanol–water partition coefficient (Wildman–Crippen LogP) is 3.57. The molecule has 2 heterocycles. The molecule has 2 aromatic heterocycles. The van der Waals surface area contributed by atoms with E-state index in [2.05, 4.69) is 41.0 Å². The van der Waals surface area contributed by atoms with Gasteiger partial charge in [-0.05, 0) is 36.5 Å². The monoisotopic (exact) mass is 234 g/mol. The third-order valence-corrected chi connectivity index (χ3v) is 3.51. The smallest absolute Gasteiger partial charge is 0.116 e. The highest BCUT2D eigenvalue weighted by Gasteiger charge is 2.12. The van der Waals surface area contributed by atoms with Crippen molar-refractivity contribution in [3.05, 3.63) is 41.2 Å². The molecule has 18 heavy (non-hydrogen) atoms. The van der Waals surface area contributed by atoms with E-state index in [-0.39, 0.29) is 0 Å². The summed E-state index contributed by atoms with van der Waals surface area (Å²) in [6.07, 6.45) is 8.34. The van der Waals surface area contributed by atoms with Crippen LogP contribution < -0.4 is 0 Å². The molecular formula is C16H14N2. The standard InChI is InChI=1S/C16H14N2/c1-4-11-7-6-8-13-16(11)15-10(3)12(5-2)17-9-14(15)18-13/h2,6-9,18H,4H2,1,3H3. The van der Waals surface area contributed by atoms with Gasteiger partial charge in [-0.25, -0.2) is 4.98 Å². The fourth-order valence-electron chi connectivity index (χ4n) is 2.61. The van der Waals surface area contributed by atoms with Gasteiger partial charge in [0.25, 0.3) is 0 Å². The van der Waals surface area contributed by atoms with Gasteiger partial charge in [-0.1, -0.05) is 19.1 Å². The van der Waals surface area contributed by atoms with Crippen molar-refractivity contribution in [1.82, 2.24) is 9.97 Å². The number of terminal acetylenes is 1. The minimum Gasteiger partial charge on any atom is -0.353 e. The van der Waals surface area contributed by atoms with Gasteiger partial charge in [-0.15, -0.1) is 6.42 Å². The zero-order chi connectivity index (χ0) is 12.7. The molecular weight excluding hydrogens is 220 g/mol. The summed E-state index contributed by atoms with van der Waals surface area (Å²) in [4.78, 5) is 7.72. The van der Waals surface area contributed by atoms with Gasteiger partial charge in [0.2, 0.25) is 0 Å². The Kier molecular flexibility index (Phi) is 2.34. The second-order valence-corrected chi connectivity index (χ2v) is 4.48. The number of nitrogens with zero attached hydrogens (tertiary/aromatic N) is 1. The van der Waals surface area contributed by atoms with Crippen molar-refractivity contribution >= 4 is 21.8 Å². The van der Waals surface area contributed by atoms with Crippen LogP contribution in [0.15, 0.2) is 24.4 Å². The molecule has 0 saturated carbocycles. The summed E-state index contributed by atoms with van der Waals surface area (Å²) < 4.78 is 0. The van der Waals surface area contributed by atoms with Crippen molar-refractivity contribution < 1.29 is 0 Å². The van der Waals surface area contributed by atoms with Crippen molar-refractivity contribution in [2.75, 3.05) is 0 Å². The van der Waals surface area contributed by atoms with Crippen molar-refractivity contribution in [3.63, 3.8) is 0 Å². The second kappa shape index (κ2) is 3.89. The van der Waals surface area contributed by atoms with Crippen LogP contribution in [0.25, 0.3) is 21.8 Å². The first-order chi connectivity index (χ1) is 8.76. The Morgan fingerprint density at radius 2 is 2.11 bits per heavy atom. The number of aryl methyl sites for hydroxylation is 2. The molecule has 2 heteroatoms. The van der Waals surface area contributed by atoms with E-state index < -0.39 is 0 Å². The Morgan fingerprint density at radius 3 is 2.83 bits per heavy atom. The lowest BCUT2D eigenvalue weighted by molar-refractivity contribution is 1.16. The van der Waals surface area contributed by atoms with Gasteiger partial charge in [0.1, 0.15) is 5.69 Å². The maximum atomic E-state index is 5.50. The van der Waals surface area contributed by atoms with Crippen LogP contribution in [0.4, 0.5) is 0 Å². The van der Waals surface area contributed by atoms with E-state index in [4.69, 9.17) is 6.42 Å². The molecule has 1 N–H and O–H groups in total. The average Bonchev–Trinajstić information content (AvgIpc) is 2.78. The third kappa shape index (κ3) is 1.34. The Labute approximate surface area is 106 Å². The van der Waals surface area contributed by atoms with Crippen molar-refractivity contribution in [3.8, 4) is 12.3 Å². The minimum atomic E-state index is 0.731. The number of hydrogen-bond acceptors (Lipinski definition) is 1. The summed E-state index contributed by atoms with van der Waals surface area (Å²) in [7, 11) is 0. The number of aromatic amines is 1. The maximum Gasteiger partial charge on any atom is 0.116 e. The van der Waals surface area contributed by atoms with E-state index in [1.54, 1.807) is 0 Å². The number of benzene rings is 1. The number of rotatable bonds is 1. The van der Waals surface area contributed by atoms with Crippen LogP contribution in [-0.4, -0.2) is 9.97 Å². The van der Waals surface area contributed by atoms with Crippen LogP contribution >= 0.6 is 0 Å². The molecule has 88 valence electrons.